The van der Waals surface area contributed by atoms with Gasteiger partial charge in [0.05, 0.1) is 0 Å². The van der Waals surface area contributed by atoms with Crippen LogP contribution >= 0.6 is 11.6 Å². The molecule has 1 aromatic carbocycles. The Hall–Kier alpha value is -0.530. The van der Waals surface area contributed by atoms with Gasteiger partial charge in [-0.1, -0.05) is 43.0 Å². The van der Waals surface area contributed by atoms with Crippen molar-refractivity contribution in [2.24, 2.45) is 11.7 Å². The van der Waals surface area contributed by atoms with Gasteiger partial charge in [0.15, 0.2) is 0 Å². The Balaban J connectivity index is 2.14. The van der Waals surface area contributed by atoms with Gasteiger partial charge in [0.25, 0.3) is 0 Å². The zero-order chi connectivity index (χ0) is 11.4. The number of hydrogen-bond acceptors (Lipinski definition) is 1. The van der Waals surface area contributed by atoms with Gasteiger partial charge in [-0.05, 0) is 48.9 Å². The van der Waals surface area contributed by atoms with Crippen LogP contribution in [0.2, 0.25) is 5.02 Å². The molecule has 0 radical (unpaired) electrons. The molecule has 1 fully saturated rings. The van der Waals surface area contributed by atoms with Crippen LogP contribution in [-0.4, -0.2) is 6.54 Å². The Morgan fingerprint density at radius 3 is 2.62 bits per heavy atom. The summed E-state index contributed by atoms with van der Waals surface area (Å²) in [6.45, 7) is 0.741. The van der Waals surface area contributed by atoms with Crippen molar-refractivity contribution in [3.05, 3.63) is 34.9 Å². The highest BCUT2D eigenvalue weighted by Crippen LogP contribution is 2.35. The quantitative estimate of drug-likeness (QED) is 0.846. The molecule has 0 aromatic heterocycles. The van der Waals surface area contributed by atoms with E-state index < -0.39 is 0 Å². The fraction of sp³-hybridized carbons (Fsp3) is 0.571. The minimum atomic E-state index is 0.499. The summed E-state index contributed by atoms with van der Waals surface area (Å²) in [5, 5.41) is 0.826. The predicted molar refractivity (Wildman–Crippen MR) is 69.8 cm³/mol. The molecule has 1 aliphatic rings. The van der Waals surface area contributed by atoms with Gasteiger partial charge in [-0.15, -0.1) is 0 Å². The lowest BCUT2D eigenvalue weighted by atomic mass is 9.77. The SMILES string of the molecule is NCC(c1cccc(Cl)c1)C1CCCCC1. The molecule has 2 rings (SSSR count). The molecule has 1 nitrogen and oxygen atoms in total. The van der Waals surface area contributed by atoms with Crippen molar-refractivity contribution in [3.63, 3.8) is 0 Å². The molecule has 2 heteroatoms. The van der Waals surface area contributed by atoms with E-state index in [1.54, 1.807) is 0 Å². The molecular formula is C14H20ClN. The van der Waals surface area contributed by atoms with Crippen LogP contribution in [0.4, 0.5) is 0 Å². The molecule has 0 heterocycles. The molecule has 0 spiro atoms. The Kier molecular flexibility index (Phi) is 4.25. The van der Waals surface area contributed by atoms with Crippen molar-refractivity contribution in [2.45, 2.75) is 38.0 Å². The molecule has 1 atom stereocenters. The maximum atomic E-state index is 6.04. The number of nitrogens with two attached hydrogens (primary N) is 1. The van der Waals surface area contributed by atoms with Crippen molar-refractivity contribution in [2.75, 3.05) is 6.54 Å². The second-order valence-corrected chi connectivity index (χ2v) is 5.23. The molecule has 88 valence electrons. The second kappa shape index (κ2) is 5.70. The van der Waals surface area contributed by atoms with Crippen LogP contribution in [0.25, 0.3) is 0 Å². The van der Waals surface area contributed by atoms with E-state index in [2.05, 4.69) is 12.1 Å². The van der Waals surface area contributed by atoms with Gasteiger partial charge >= 0.3 is 0 Å². The lowest BCUT2D eigenvalue weighted by Gasteiger charge is -2.29. The normalized spacial score (nSPS) is 19.6. The number of rotatable bonds is 3. The fourth-order valence-corrected chi connectivity index (χ4v) is 3.07. The van der Waals surface area contributed by atoms with E-state index in [1.807, 2.05) is 12.1 Å². The summed E-state index contributed by atoms with van der Waals surface area (Å²) in [5.41, 5.74) is 7.26. The number of hydrogen-bond donors (Lipinski definition) is 1. The van der Waals surface area contributed by atoms with E-state index in [1.165, 1.54) is 37.7 Å². The molecule has 2 N–H and O–H groups in total. The highest BCUT2D eigenvalue weighted by atomic mass is 35.5. The summed E-state index contributed by atoms with van der Waals surface area (Å²) >= 11 is 6.04. The summed E-state index contributed by atoms with van der Waals surface area (Å²) in [6.07, 6.45) is 6.77. The third-order valence-corrected chi connectivity index (χ3v) is 3.98. The van der Waals surface area contributed by atoms with E-state index in [0.29, 0.717) is 5.92 Å². The highest BCUT2D eigenvalue weighted by Gasteiger charge is 2.23. The molecule has 1 unspecified atom stereocenters. The Labute approximate surface area is 103 Å². The van der Waals surface area contributed by atoms with E-state index in [9.17, 15) is 0 Å². The fourth-order valence-electron chi connectivity index (χ4n) is 2.87. The smallest absolute Gasteiger partial charge is 0.0408 e. The molecule has 1 aromatic rings. The summed E-state index contributed by atoms with van der Waals surface area (Å²) in [7, 11) is 0. The molecule has 0 saturated heterocycles. The molecular weight excluding hydrogens is 218 g/mol. The van der Waals surface area contributed by atoms with Gasteiger partial charge in [0, 0.05) is 5.02 Å². The molecule has 0 aliphatic heterocycles. The van der Waals surface area contributed by atoms with Crippen LogP contribution in [-0.2, 0) is 0 Å². The Morgan fingerprint density at radius 1 is 1.25 bits per heavy atom. The van der Waals surface area contributed by atoms with Crippen LogP contribution in [0.5, 0.6) is 0 Å². The van der Waals surface area contributed by atoms with Crippen LogP contribution in [0.3, 0.4) is 0 Å². The summed E-state index contributed by atoms with van der Waals surface area (Å²) in [5.74, 6) is 1.26. The standard InChI is InChI=1S/C14H20ClN/c15-13-8-4-7-12(9-13)14(10-16)11-5-2-1-3-6-11/h4,7-9,11,14H,1-3,5-6,10,16H2. The first-order chi connectivity index (χ1) is 7.81. The monoisotopic (exact) mass is 237 g/mol. The van der Waals surface area contributed by atoms with Crippen LogP contribution < -0.4 is 5.73 Å². The first-order valence-corrected chi connectivity index (χ1v) is 6.64. The van der Waals surface area contributed by atoms with E-state index >= 15 is 0 Å². The molecule has 1 saturated carbocycles. The van der Waals surface area contributed by atoms with Gasteiger partial charge in [-0.2, -0.15) is 0 Å². The van der Waals surface area contributed by atoms with E-state index in [-0.39, 0.29) is 0 Å². The Bertz CT molecular complexity index is 331. The van der Waals surface area contributed by atoms with Crippen molar-refractivity contribution in [3.8, 4) is 0 Å². The van der Waals surface area contributed by atoms with Gasteiger partial charge in [0.1, 0.15) is 0 Å². The summed E-state index contributed by atoms with van der Waals surface area (Å²) < 4.78 is 0. The van der Waals surface area contributed by atoms with Crippen LogP contribution in [0, 0.1) is 5.92 Å². The zero-order valence-corrected chi connectivity index (χ0v) is 10.4. The number of benzene rings is 1. The minimum absolute atomic E-state index is 0.499. The number of halogens is 1. The minimum Gasteiger partial charge on any atom is -0.330 e. The predicted octanol–water partition coefficient (Wildman–Crippen LogP) is 3.96. The first kappa shape index (κ1) is 11.9. The van der Waals surface area contributed by atoms with Crippen molar-refractivity contribution in [1.29, 1.82) is 0 Å². The lowest BCUT2D eigenvalue weighted by molar-refractivity contribution is 0.307. The third-order valence-electron chi connectivity index (χ3n) is 3.75. The average Bonchev–Trinajstić information content (AvgIpc) is 2.31. The van der Waals surface area contributed by atoms with E-state index in [4.69, 9.17) is 17.3 Å². The highest BCUT2D eigenvalue weighted by molar-refractivity contribution is 6.30. The molecule has 1 aliphatic carbocycles. The first-order valence-electron chi connectivity index (χ1n) is 6.27. The van der Waals surface area contributed by atoms with Crippen LogP contribution in [0.15, 0.2) is 24.3 Å². The van der Waals surface area contributed by atoms with Crippen molar-refractivity contribution < 1.29 is 0 Å². The largest absolute Gasteiger partial charge is 0.330 e. The van der Waals surface area contributed by atoms with E-state index in [0.717, 1.165) is 17.5 Å². The average molecular weight is 238 g/mol. The van der Waals surface area contributed by atoms with Crippen molar-refractivity contribution in [1.82, 2.24) is 0 Å². The molecule has 16 heavy (non-hydrogen) atoms. The maximum absolute atomic E-state index is 6.04. The summed E-state index contributed by atoms with van der Waals surface area (Å²) in [4.78, 5) is 0. The molecule has 0 bridgehead atoms. The Morgan fingerprint density at radius 2 is 2.00 bits per heavy atom. The second-order valence-electron chi connectivity index (χ2n) is 4.80. The van der Waals surface area contributed by atoms with Crippen LogP contribution in [0.1, 0.15) is 43.6 Å². The van der Waals surface area contributed by atoms with Crippen molar-refractivity contribution >= 4 is 11.6 Å². The van der Waals surface area contributed by atoms with Gasteiger partial charge in [-0.25, -0.2) is 0 Å². The summed E-state index contributed by atoms with van der Waals surface area (Å²) in [6, 6.07) is 8.20. The maximum Gasteiger partial charge on any atom is 0.0408 e. The zero-order valence-electron chi connectivity index (χ0n) is 9.66. The molecule has 0 amide bonds. The van der Waals surface area contributed by atoms with Gasteiger partial charge in [-0.3, -0.25) is 0 Å². The van der Waals surface area contributed by atoms with Gasteiger partial charge < -0.3 is 5.73 Å². The third kappa shape index (κ3) is 2.78. The topological polar surface area (TPSA) is 26.0 Å². The lowest BCUT2D eigenvalue weighted by Crippen LogP contribution is -2.23. The van der Waals surface area contributed by atoms with Gasteiger partial charge in [0.2, 0.25) is 0 Å².